The maximum Gasteiger partial charge on any atom is 0.291 e. The number of aldehydes is 2. The lowest BCUT2D eigenvalue weighted by Crippen LogP contribution is -2.16. The number of carbonyl (C=O) groups excluding carboxylic acids is 3. The van der Waals surface area contributed by atoms with E-state index in [1.54, 1.807) is 47.8 Å². The van der Waals surface area contributed by atoms with Crippen molar-refractivity contribution in [3.8, 4) is 0 Å². The van der Waals surface area contributed by atoms with Gasteiger partial charge in [-0.3, -0.25) is 14.4 Å². The van der Waals surface area contributed by atoms with Crippen molar-refractivity contribution in [2.24, 2.45) is 21.1 Å². The molecule has 0 bridgehead atoms. The van der Waals surface area contributed by atoms with Crippen LogP contribution in [0.15, 0.2) is 30.7 Å². The Morgan fingerprint density at radius 2 is 1.34 bits per heavy atom. The van der Waals surface area contributed by atoms with Crippen molar-refractivity contribution in [2.45, 2.75) is 27.7 Å². The number of aromatic nitrogens is 4. The van der Waals surface area contributed by atoms with Crippen LogP contribution in [0.3, 0.4) is 0 Å². The molecule has 10 nitrogen and oxygen atoms in total. The predicted molar refractivity (Wildman–Crippen MR) is 129 cm³/mol. The number of aryl methyl sites for hydroxylation is 3. The molecular weight excluding hydrogens is 410 g/mol. The second-order valence-electron chi connectivity index (χ2n) is 6.07. The van der Waals surface area contributed by atoms with Gasteiger partial charge in [-0.15, -0.1) is 0 Å². The molecule has 0 atom stereocenters. The number of hydrogen-bond donors (Lipinski definition) is 3. The van der Waals surface area contributed by atoms with E-state index in [-0.39, 0.29) is 17.5 Å². The first kappa shape index (κ1) is 28.2. The summed E-state index contributed by atoms with van der Waals surface area (Å²) in [5.41, 5.74) is 8.16. The molecule has 0 aliphatic carbocycles. The van der Waals surface area contributed by atoms with Gasteiger partial charge in [0.1, 0.15) is 5.82 Å². The lowest BCUT2D eigenvalue weighted by Gasteiger charge is -2.01. The van der Waals surface area contributed by atoms with Crippen LogP contribution in [-0.4, -0.2) is 44.2 Å². The van der Waals surface area contributed by atoms with Gasteiger partial charge in [-0.05, 0) is 12.1 Å². The molecule has 4 N–H and O–H groups in total. The van der Waals surface area contributed by atoms with E-state index in [0.29, 0.717) is 23.4 Å². The van der Waals surface area contributed by atoms with Gasteiger partial charge in [0.25, 0.3) is 5.91 Å². The molecule has 3 aromatic heterocycles. The summed E-state index contributed by atoms with van der Waals surface area (Å²) in [4.78, 5) is 36.8. The first-order valence-electron chi connectivity index (χ1n) is 10.3. The molecule has 0 radical (unpaired) electrons. The molecule has 3 aromatic rings. The van der Waals surface area contributed by atoms with Gasteiger partial charge in [-0.25, -0.2) is 4.98 Å². The summed E-state index contributed by atoms with van der Waals surface area (Å²) in [6.45, 7) is 8.00. The third-order valence-corrected chi connectivity index (χ3v) is 3.97. The molecule has 3 heterocycles. The molecule has 0 saturated carbocycles. The third-order valence-electron chi connectivity index (χ3n) is 3.97. The lowest BCUT2D eigenvalue weighted by atomic mass is 10.4. The average Bonchev–Trinajstić information content (AvgIpc) is 3.46. The molecule has 0 fully saturated rings. The van der Waals surface area contributed by atoms with Crippen LogP contribution in [0.1, 0.15) is 59.3 Å². The summed E-state index contributed by atoms with van der Waals surface area (Å²) in [6.07, 6.45) is 6.61. The van der Waals surface area contributed by atoms with Crippen molar-refractivity contribution in [1.82, 2.24) is 18.7 Å². The summed E-state index contributed by atoms with van der Waals surface area (Å²) in [7, 11) is 7.06. The fourth-order valence-corrected chi connectivity index (χ4v) is 2.49. The fraction of sp³-hybridized carbons (Fsp3) is 0.364. The number of nitrogen functional groups attached to an aromatic ring is 1. The maximum atomic E-state index is 11.9. The number of carbonyl (C=O) groups is 3. The smallest absolute Gasteiger partial charge is 0.291 e. The molecule has 0 saturated heterocycles. The highest BCUT2D eigenvalue weighted by atomic mass is 16.2. The number of amides is 1. The molecule has 176 valence electrons. The maximum absolute atomic E-state index is 11.9. The van der Waals surface area contributed by atoms with E-state index < -0.39 is 0 Å². The molecule has 0 aliphatic heterocycles. The number of imidazole rings is 1. The van der Waals surface area contributed by atoms with Gasteiger partial charge in [0.15, 0.2) is 12.6 Å². The summed E-state index contributed by atoms with van der Waals surface area (Å²) in [5.74, 6) is 0.116. The summed E-state index contributed by atoms with van der Waals surface area (Å²) in [5, 5.41) is 5.59. The highest BCUT2D eigenvalue weighted by Gasteiger charge is 2.14. The topological polar surface area (TPSA) is 129 Å². The van der Waals surface area contributed by atoms with Gasteiger partial charge in [0.2, 0.25) is 5.82 Å². The molecule has 0 aromatic carbocycles. The van der Waals surface area contributed by atoms with Gasteiger partial charge in [-0.2, -0.15) is 0 Å². The van der Waals surface area contributed by atoms with E-state index >= 15 is 0 Å². The van der Waals surface area contributed by atoms with Crippen LogP contribution in [0.25, 0.3) is 0 Å². The van der Waals surface area contributed by atoms with Gasteiger partial charge < -0.3 is 30.1 Å². The second kappa shape index (κ2) is 14.2. The van der Waals surface area contributed by atoms with Crippen LogP contribution in [0.4, 0.5) is 17.2 Å². The van der Waals surface area contributed by atoms with Gasteiger partial charge in [0.05, 0.1) is 22.8 Å². The Morgan fingerprint density at radius 3 is 1.69 bits per heavy atom. The van der Waals surface area contributed by atoms with Crippen LogP contribution >= 0.6 is 0 Å². The normalized spacial score (nSPS) is 9.12. The summed E-state index contributed by atoms with van der Waals surface area (Å²) in [6, 6.07) is 3.38. The zero-order valence-electron chi connectivity index (χ0n) is 20.1. The van der Waals surface area contributed by atoms with Gasteiger partial charge in [0, 0.05) is 46.8 Å². The van der Waals surface area contributed by atoms with E-state index in [0.717, 1.165) is 12.0 Å². The van der Waals surface area contributed by atoms with Crippen molar-refractivity contribution in [3.63, 3.8) is 0 Å². The van der Waals surface area contributed by atoms with Crippen molar-refractivity contribution >= 4 is 35.7 Å². The van der Waals surface area contributed by atoms with Gasteiger partial charge >= 0.3 is 0 Å². The summed E-state index contributed by atoms with van der Waals surface area (Å²) >= 11 is 0. The molecule has 0 spiro atoms. The van der Waals surface area contributed by atoms with Crippen LogP contribution < -0.4 is 16.4 Å². The Balaban J connectivity index is 0.000000582. The number of rotatable bonds is 5. The Kier molecular flexibility index (Phi) is 12.5. The van der Waals surface area contributed by atoms with Crippen LogP contribution in [-0.2, 0) is 21.1 Å². The third kappa shape index (κ3) is 7.78. The van der Waals surface area contributed by atoms with Crippen LogP contribution in [0, 0.1) is 0 Å². The largest absolute Gasteiger partial charge is 0.387 e. The summed E-state index contributed by atoms with van der Waals surface area (Å²) < 4.78 is 4.93. The monoisotopic (exact) mass is 445 g/mol. The van der Waals surface area contributed by atoms with Crippen molar-refractivity contribution < 1.29 is 14.4 Å². The van der Waals surface area contributed by atoms with Crippen molar-refractivity contribution in [1.29, 1.82) is 0 Å². The standard InChI is InChI=1S/C11H13N5O2.C7H10N2O.2C2H6/c1-15-4-7(3-8(15)6-17)13-11(18)10-14-9(12)5-16(10)2;1-8-6-3-7(5-10)9(2)4-6;2*1-2/h3-6H,12H2,1-2H3,(H,13,18);3-5,8H,1-2H3;2*1-2H3. The quantitative estimate of drug-likeness (QED) is 0.517. The van der Waals surface area contributed by atoms with E-state index in [1.165, 1.54) is 4.57 Å². The number of hydrogen-bond acceptors (Lipinski definition) is 6. The Labute approximate surface area is 189 Å². The van der Waals surface area contributed by atoms with E-state index in [9.17, 15) is 14.4 Å². The number of nitrogens with one attached hydrogen (secondary N) is 2. The van der Waals surface area contributed by atoms with Crippen molar-refractivity contribution in [3.05, 3.63) is 47.9 Å². The minimum atomic E-state index is -0.378. The number of anilines is 3. The Hall–Kier alpha value is -3.82. The van der Waals surface area contributed by atoms with Crippen LogP contribution in [0.5, 0.6) is 0 Å². The van der Waals surface area contributed by atoms with E-state index in [4.69, 9.17) is 5.73 Å². The number of nitrogens with zero attached hydrogens (tertiary/aromatic N) is 4. The molecule has 0 unspecified atom stereocenters. The zero-order chi connectivity index (χ0) is 24.8. The Bertz CT molecular complexity index is 1000. The van der Waals surface area contributed by atoms with E-state index in [1.807, 2.05) is 48.0 Å². The van der Waals surface area contributed by atoms with Crippen LogP contribution in [0.2, 0.25) is 0 Å². The lowest BCUT2D eigenvalue weighted by molar-refractivity contribution is 0.101. The van der Waals surface area contributed by atoms with Gasteiger partial charge in [-0.1, -0.05) is 27.7 Å². The second-order valence-corrected chi connectivity index (χ2v) is 6.07. The molecule has 1 amide bonds. The minimum Gasteiger partial charge on any atom is -0.387 e. The molecule has 3 rings (SSSR count). The molecular formula is C22H35N7O3. The Morgan fingerprint density at radius 1 is 0.875 bits per heavy atom. The molecule has 0 aliphatic rings. The highest BCUT2D eigenvalue weighted by molar-refractivity contribution is 6.02. The first-order valence-corrected chi connectivity index (χ1v) is 10.3. The zero-order valence-corrected chi connectivity index (χ0v) is 20.1. The minimum absolute atomic E-state index is 0.212. The number of nitrogens with two attached hydrogens (primary N) is 1. The SMILES string of the molecule is CC.CC.CNc1cc(C=O)n(C)c1.Cn1cc(NC(=O)c2nc(N)cn2C)cc1C=O. The highest BCUT2D eigenvalue weighted by Crippen LogP contribution is 2.13. The van der Waals surface area contributed by atoms with Crippen molar-refractivity contribution in [2.75, 3.05) is 23.4 Å². The molecule has 32 heavy (non-hydrogen) atoms. The predicted octanol–water partition coefficient (Wildman–Crippen LogP) is 3.34. The van der Waals surface area contributed by atoms with E-state index in [2.05, 4.69) is 15.6 Å². The average molecular weight is 446 g/mol. The molecule has 10 heteroatoms. The fourth-order valence-electron chi connectivity index (χ4n) is 2.49. The first-order chi connectivity index (χ1) is 15.3.